The molecule has 1 N–H and O–H groups in total. The summed E-state index contributed by atoms with van der Waals surface area (Å²) >= 11 is 0. The van der Waals surface area contributed by atoms with E-state index in [0.717, 1.165) is 48.5 Å². The number of halogens is 1. The zero-order chi connectivity index (χ0) is 23.1. The van der Waals surface area contributed by atoms with Gasteiger partial charge in [-0.05, 0) is 48.9 Å². The molecule has 1 amide bonds. The number of likely N-dealkylation sites (N-methyl/N-ethyl adjacent to an activating group) is 1. The van der Waals surface area contributed by atoms with Gasteiger partial charge in [0.05, 0.1) is 11.8 Å². The number of fused-ring (bicyclic) bond motifs is 2. The van der Waals surface area contributed by atoms with Crippen LogP contribution in [0.1, 0.15) is 17.4 Å². The quantitative estimate of drug-likeness (QED) is 0.659. The summed E-state index contributed by atoms with van der Waals surface area (Å²) in [5.41, 5.74) is 3.63. The summed E-state index contributed by atoms with van der Waals surface area (Å²) in [5.74, 6) is 0.240. The second-order valence-electron chi connectivity index (χ2n) is 8.69. The first kappa shape index (κ1) is 21.6. The fourth-order valence-electron chi connectivity index (χ4n) is 4.56. The minimum atomic E-state index is -0.675. The van der Waals surface area contributed by atoms with E-state index in [1.54, 1.807) is 11.9 Å². The second-order valence-corrected chi connectivity index (χ2v) is 8.69. The lowest BCUT2D eigenvalue weighted by atomic mass is 10.1. The highest BCUT2D eigenvalue weighted by Crippen LogP contribution is 2.34. The standard InChI is InChI=1S/C25H27FN4O3/c1-16-3-5-18-20(7-6-19(26)25(18)27-16)30-11-9-29(10-12-30)14-22(31)17-4-8-23-21(13-17)28(2)24(32)15-33-23/h3-8,13,22,31H,9-12,14-15H2,1-2H3. The Morgan fingerprint density at radius 3 is 2.67 bits per heavy atom. The number of aliphatic hydroxyl groups excluding tert-OH is 1. The van der Waals surface area contributed by atoms with E-state index in [4.69, 9.17) is 4.74 Å². The van der Waals surface area contributed by atoms with Gasteiger partial charge in [-0.15, -0.1) is 0 Å². The highest BCUT2D eigenvalue weighted by atomic mass is 19.1. The zero-order valence-corrected chi connectivity index (χ0v) is 18.8. The van der Waals surface area contributed by atoms with Gasteiger partial charge in [-0.25, -0.2) is 9.37 Å². The lowest BCUT2D eigenvalue weighted by Crippen LogP contribution is -2.47. The van der Waals surface area contributed by atoms with Crippen molar-refractivity contribution in [1.29, 1.82) is 0 Å². The Morgan fingerprint density at radius 1 is 1.09 bits per heavy atom. The molecular formula is C25H27FN4O3. The number of aliphatic hydroxyl groups is 1. The lowest BCUT2D eigenvalue weighted by molar-refractivity contribution is -0.120. The third-order valence-electron chi connectivity index (χ3n) is 6.52. The second kappa shape index (κ2) is 8.61. The van der Waals surface area contributed by atoms with Crippen molar-refractivity contribution < 1.29 is 19.0 Å². The Hall–Kier alpha value is -3.23. The van der Waals surface area contributed by atoms with Gasteiger partial charge in [-0.2, -0.15) is 0 Å². The largest absolute Gasteiger partial charge is 0.482 e. The van der Waals surface area contributed by atoms with Gasteiger partial charge in [-0.1, -0.05) is 6.07 Å². The van der Waals surface area contributed by atoms with Crippen molar-refractivity contribution in [2.24, 2.45) is 0 Å². The SMILES string of the molecule is Cc1ccc2c(N3CCN(CC(O)c4ccc5c(c4)N(C)C(=O)CO5)CC3)ccc(F)c2n1. The van der Waals surface area contributed by atoms with Crippen LogP contribution in [0.3, 0.4) is 0 Å². The van der Waals surface area contributed by atoms with Crippen LogP contribution in [0, 0.1) is 12.7 Å². The van der Waals surface area contributed by atoms with Crippen LogP contribution in [0.2, 0.25) is 0 Å². The molecule has 1 saturated heterocycles. The predicted octanol–water partition coefficient (Wildman–Crippen LogP) is 2.89. The van der Waals surface area contributed by atoms with Crippen molar-refractivity contribution >= 4 is 28.2 Å². The molecule has 1 aromatic heterocycles. The fourth-order valence-corrected chi connectivity index (χ4v) is 4.56. The van der Waals surface area contributed by atoms with Gasteiger partial charge >= 0.3 is 0 Å². The maximum atomic E-state index is 14.3. The molecule has 0 spiro atoms. The molecule has 2 aliphatic rings. The Labute approximate surface area is 192 Å². The number of rotatable bonds is 4. The lowest BCUT2D eigenvalue weighted by Gasteiger charge is -2.37. The van der Waals surface area contributed by atoms with Gasteiger partial charge in [-0.3, -0.25) is 9.69 Å². The minimum Gasteiger partial charge on any atom is -0.482 e. The van der Waals surface area contributed by atoms with Crippen molar-refractivity contribution in [2.75, 3.05) is 56.2 Å². The van der Waals surface area contributed by atoms with E-state index in [-0.39, 0.29) is 18.3 Å². The number of hydrogen-bond acceptors (Lipinski definition) is 6. The molecule has 33 heavy (non-hydrogen) atoms. The molecule has 0 aliphatic carbocycles. The molecule has 1 unspecified atom stereocenters. The molecule has 2 aromatic carbocycles. The number of amides is 1. The number of carbonyl (C=O) groups is 1. The van der Waals surface area contributed by atoms with Gasteiger partial charge in [0.15, 0.2) is 6.61 Å². The van der Waals surface area contributed by atoms with Gasteiger partial charge in [0.2, 0.25) is 0 Å². The molecule has 0 saturated carbocycles. The summed E-state index contributed by atoms with van der Waals surface area (Å²) < 4.78 is 19.8. The average molecular weight is 451 g/mol. The van der Waals surface area contributed by atoms with Crippen LogP contribution in [0.25, 0.3) is 10.9 Å². The first-order valence-electron chi connectivity index (χ1n) is 11.2. The zero-order valence-electron chi connectivity index (χ0n) is 18.8. The molecular weight excluding hydrogens is 423 g/mol. The predicted molar refractivity (Wildman–Crippen MR) is 125 cm³/mol. The van der Waals surface area contributed by atoms with E-state index in [1.165, 1.54) is 6.07 Å². The van der Waals surface area contributed by atoms with Crippen molar-refractivity contribution in [2.45, 2.75) is 13.0 Å². The summed E-state index contributed by atoms with van der Waals surface area (Å²) in [4.78, 5) is 22.3. The van der Waals surface area contributed by atoms with E-state index >= 15 is 0 Å². The molecule has 1 atom stereocenters. The van der Waals surface area contributed by atoms with Gasteiger partial charge in [0, 0.05) is 56.5 Å². The molecule has 0 bridgehead atoms. The minimum absolute atomic E-state index is 0.0364. The average Bonchev–Trinajstić information content (AvgIpc) is 2.82. The van der Waals surface area contributed by atoms with Crippen molar-refractivity contribution in [1.82, 2.24) is 9.88 Å². The number of anilines is 2. The normalized spacial score (nSPS) is 17.8. The third kappa shape index (κ3) is 4.12. The number of β-amino-alcohol motifs (C(OH)–C–C–N with tert-alkyl or cyclic N) is 1. The smallest absolute Gasteiger partial charge is 0.264 e. The maximum Gasteiger partial charge on any atom is 0.264 e. The number of piperazine rings is 1. The number of hydrogen-bond donors (Lipinski definition) is 1. The van der Waals surface area contributed by atoms with Gasteiger partial charge in [0.1, 0.15) is 17.1 Å². The first-order valence-corrected chi connectivity index (χ1v) is 11.2. The van der Waals surface area contributed by atoms with Crippen molar-refractivity contribution in [3.05, 3.63) is 59.5 Å². The summed E-state index contributed by atoms with van der Waals surface area (Å²) in [6.45, 7) is 5.50. The Bertz CT molecular complexity index is 1210. The number of carbonyl (C=O) groups excluding carboxylic acids is 1. The Balaban J connectivity index is 1.26. The Morgan fingerprint density at radius 2 is 1.88 bits per heavy atom. The molecule has 0 radical (unpaired) electrons. The van der Waals surface area contributed by atoms with E-state index in [2.05, 4.69) is 14.8 Å². The van der Waals surface area contributed by atoms with E-state index in [1.807, 2.05) is 43.3 Å². The fraction of sp³-hybridized carbons (Fsp3) is 0.360. The molecule has 8 heteroatoms. The van der Waals surface area contributed by atoms with Crippen LogP contribution in [-0.2, 0) is 4.79 Å². The van der Waals surface area contributed by atoms with Crippen LogP contribution in [0.4, 0.5) is 15.8 Å². The monoisotopic (exact) mass is 450 g/mol. The van der Waals surface area contributed by atoms with E-state index in [0.29, 0.717) is 23.5 Å². The number of nitrogens with zero attached hydrogens (tertiary/aromatic N) is 4. The molecule has 7 nitrogen and oxygen atoms in total. The topological polar surface area (TPSA) is 69.1 Å². The summed E-state index contributed by atoms with van der Waals surface area (Å²) in [6, 6.07) is 12.6. The molecule has 3 heterocycles. The van der Waals surface area contributed by atoms with Crippen LogP contribution >= 0.6 is 0 Å². The van der Waals surface area contributed by atoms with Crippen LogP contribution in [-0.4, -0.2) is 67.3 Å². The van der Waals surface area contributed by atoms with Crippen molar-refractivity contribution in [3.8, 4) is 5.75 Å². The van der Waals surface area contributed by atoms with Crippen LogP contribution in [0.15, 0.2) is 42.5 Å². The number of aromatic nitrogens is 1. The van der Waals surface area contributed by atoms with Crippen LogP contribution < -0.4 is 14.5 Å². The number of benzene rings is 2. The molecule has 2 aliphatic heterocycles. The first-order chi connectivity index (χ1) is 15.9. The van der Waals surface area contributed by atoms with E-state index in [9.17, 15) is 14.3 Å². The molecule has 172 valence electrons. The number of pyridine rings is 1. The van der Waals surface area contributed by atoms with Gasteiger partial charge < -0.3 is 19.6 Å². The molecule has 1 fully saturated rings. The third-order valence-corrected chi connectivity index (χ3v) is 6.52. The van der Waals surface area contributed by atoms with Crippen molar-refractivity contribution in [3.63, 3.8) is 0 Å². The van der Waals surface area contributed by atoms with Crippen LogP contribution in [0.5, 0.6) is 5.75 Å². The maximum absolute atomic E-state index is 14.3. The number of ether oxygens (including phenoxy) is 1. The highest BCUT2D eigenvalue weighted by Gasteiger charge is 2.25. The summed E-state index contributed by atoms with van der Waals surface area (Å²) in [7, 11) is 1.72. The summed E-state index contributed by atoms with van der Waals surface area (Å²) in [6.07, 6.45) is -0.675. The highest BCUT2D eigenvalue weighted by molar-refractivity contribution is 5.97. The summed E-state index contributed by atoms with van der Waals surface area (Å²) in [5, 5.41) is 11.7. The molecule has 5 rings (SSSR count). The molecule has 3 aromatic rings. The van der Waals surface area contributed by atoms with E-state index < -0.39 is 6.10 Å². The van der Waals surface area contributed by atoms with Gasteiger partial charge in [0.25, 0.3) is 5.91 Å². The number of aryl methyl sites for hydroxylation is 1. The Kier molecular flexibility index (Phi) is 5.64.